The number of benzene rings is 1. The van der Waals surface area contributed by atoms with Gasteiger partial charge in [0.15, 0.2) is 5.78 Å². The van der Waals surface area contributed by atoms with Gasteiger partial charge >= 0.3 is 0 Å². The molecule has 0 saturated heterocycles. The van der Waals surface area contributed by atoms with E-state index in [1.165, 1.54) is 12.1 Å². The highest BCUT2D eigenvalue weighted by atomic mass is 16.3. The van der Waals surface area contributed by atoms with Gasteiger partial charge < -0.3 is 5.11 Å². The zero-order valence-electron chi connectivity index (χ0n) is 7.74. The second-order valence-electron chi connectivity index (χ2n) is 2.85. The highest BCUT2D eigenvalue weighted by molar-refractivity contribution is 6.08. The van der Waals surface area contributed by atoms with Gasteiger partial charge in [0.2, 0.25) is 0 Å². The lowest BCUT2D eigenvalue weighted by Gasteiger charge is -1.99. The smallest absolute Gasteiger partial charge is 0.188 e. The van der Waals surface area contributed by atoms with Crippen molar-refractivity contribution >= 4 is 5.78 Å². The molecule has 13 heavy (non-hydrogen) atoms. The van der Waals surface area contributed by atoms with Gasteiger partial charge in [0.1, 0.15) is 5.75 Å². The molecule has 0 atom stereocenters. The van der Waals surface area contributed by atoms with Crippen molar-refractivity contribution in [3.05, 3.63) is 41.5 Å². The monoisotopic (exact) mass is 176 g/mol. The van der Waals surface area contributed by atoms with Crippen molar-refractivity contribution in [2.75, 3.05) is 0 Å². The molecule has 0 unspecified atom stereocenters. The minimum atomic E-state index is 0.00231. The minimum Gasteiger partial charge on any atom is -0.508 e. The van der Waals surface area contributed by atoms with Gasteiger partial charge in [-0.05, 0) is 43.7 Å². The predicted molar refractivity (Wildman–Crippen MR) is 51.9 cm³/mol. The van der Waals surface area contributed by atoms with Crippen LogP contribution in [-0.4, -0.2) is 10.9 Å². The first-order chi connectivity index (χ1) is 6.15. The number of carbonyl (C=O) groups is 1. The van der Waals surface area contributed by atoms with Gasteiger partial charge in [0.05, 0.1) is 0 Å². The summed E-state index contributed by atoms with van der Waals surface area (Å²) in [7, 11) is 0. The van der Waals surface area contributed by atoms with Crippen LogP contribution in [0.5, 0.6) is 5.75 Å². The third kappa shape index (κ3) is 2.18. The van der Waals surface area contributed by atoms with Crippen molar-refractivity contribution < 1.29 is 9.90 Å². The SMILES string of the molecule is C/C=C(/C)C(=O)c1ccc(O)cc1. The highest BCUT2D eigenvalue weighted by Crippen LogP contribution is 2.12. The molecule has 0 aliphatic carbocycles. The second kappa shape index (κ2) is 3.90. The van der Waals surface area contributed by atoms with E-state index in [2.05, 4.69) is 0 Å². The molecule has 2 nitrogen and oxygen atoms in total. The number of Topliss-reactive ketones (excluding diaryl/α,β-unsaturated/α-hetero) is 1. The Kier molecular flexibility index (Phi) is 2.85. The van der Waals surface area contributed by atoms with Crippen molar-refractivity contribution in [2.24, 2.45) is 0 Å². The molecule has 0 saturated carbocycles. The third-order valence-corrected chi connectivity index (χ3v) is 1.92. The zero-order chi connectivity index (χ0) is 9.84. The molecule has 0 aliphatic heterocycles. The molecule has 2 heteroatoms. The van der Waals surface area contributed by atoms with Gasteiger partial charge in [-0.2, -0.15) is 0 Å². The number of allylic oxidation sites excluding steroid dienone is 2. The van der Waals surface area contributed by atoms with Crippen LogP contribution >= 0.6 is 0 Å². The van der Waals surface area contributed by atoms with Crippen LogP contribution in [-0.2, 0) is 0 Å². The molecule has 0 bridgehead atoms. The molecule has 1 rings (SSSR count). The summed E-state index contributed by atoms with van der Waals surface area (Å²) >= 11 is 0. The van der Waals surface area contributed by atoms with Crippen LogP contribution in [0.3, 0.4) is 0 Å². The molecule has 0 aliphatic rings. The summed E-state index contributed by atoms with van der Waals surface area (Å²) in [5.74, 6) is 0.178. The van der Waals surface area contributed by atoms with Gasteiger partial charge in [0.25, 0.3) is 0 Å². The summed E-state index contributed by atoms with van der Waals surface area (Å²) in [6, 6.07) is 6.25. The van der Waals surface area contributed by atoms with E-state index < -0.39 is 0 Å². The molecule has 0 radical (unpaired) electrons. The van der Waals surface area contributed by atoms with Crippen LogP contribution < -0.4 is 0 Å². The Hall–Kier alpha value is -1.57. The van der Waals surface area contributed by atoms with E-state index in [1.807, 2.05) is 6.92 Å². The van der Waals surface area contributed by atoms with Crippen molar-refractivity contribution in [3.8, 4) is 5.75 Å². The summed E-state index contributed by atoms with van der Waals surface area (Å²) in [5, 5.41) is 9.01. The maximum absolute atomic E-state index is 11.5. The molecule has 1 aromatic rings. The fraction of sp³-hybridized carbons (Fsp3) is 0.182. The normalized spacial score (nSPS) is 11.4. The van der Waals surface area contributed by atoms with E-state index in [0.717, 1.165) is 0 Å². The Morgan fingerprint density at radius 3 is 2.31 bits per heavy atom. The molecule has 1 N–H and O–H groups in total. The van der Waals surface area contributed by atoms with Crippen LogP contribution in [0, 0.1) is 0 Å². The maximum atomic E-state index is 11.5. The first-order valence-corrected chi connectivity index (χ1v) is 4.12. The molecule has 1 aromatic carbocycles. The Bertz CT molecular complexity index is 334. The van der Waals surface area contributed by atoms with Crippen molar-refractivity contribution in [1.82, 2.24) is 0 Å². The first kappa shape index (κ1) is 9.52. The standard InChI is InChI=1S/C11H12O2/c1-3-8(2)11(13)9-4-6-10(12)7-5-9/h3-7,12H,1-2H3/b8-3-. The van der Waals surface area contributed by atoms with Crippen molar-refractivity contribution in [2.45, 2.75) is 13.8 Å². The molecule has 68 valence electrons. The Morgan fingerprint density at radius 1 is 1.31 bits per heavy atom. The average molecular weight is 176 g/mol. The van der Waals surface area contributed by atoms with E-state index in [-0.39, 0.29) is 11.5 Å². The van der Waals surface area contributed by atoms with Crippen LogP contribution in [0.15, 0.2) is 35.9 Å². The summed E-state index contributed by atoms with van der Waals surface area (Å²) in [4.78, 5) is 11.5. The van der Waals surface area contributed by atoms with E-state index in [9.17, 15) is 4.79 Å². The van der Waals surface area contributed by atoms with Gasteiger partial charge in [-0.1, -0.05) is 6.08 Å². The van der Waals surface area contributed by atoms with Crippen LogP contribution in [0.1, 0.15) is 24.2 Å². The largest absolute Gasteiger partial charge is 0.508 e. The number of ketones is 1. The van der Waals surface area contributed by atoms with Gasteiger partial charge in [-0.3, -0.25) is 4.79 Å². The topological polar surface area (TPSA) is 37.3 Å². The maximum Gasteiger partial charge on any atom is 0.188 e. The molecular weight excluding hydrogens is 164 g/mol. The second-order valence-corrected chi connectivity index (χ2v) is 2.85. The average Bonchev–Trinajstić information content (AvgIpc) is 2.17. The Labute approximate surface area is 77.5 Å². The molecule has 0 heterocycles. The Balaban J connectivity index is 2.97. The lowest BCUT2D eigenvalue weighted by molar-refractivity contribution is 0.103. The lowest BCUT2D eigenvalue weighted by atomic mass is 10.0. The van der Waals surface area contributed by atoms with Gasteiger partial charge in [-0.25, -0.2) is 0 Å². The lowest BCUT2D eigenvalue weighted by Crippen LogP contribution is -1.99. The van der Waals surface area contributed by atoms with E-state index in [4.69, 9.17) is 5.11 Å². The minimum absolute atomic E-state index is 0.00231. The number of phenols is 1. The molecule has 0 fully saturated rings. The summed E-state index contributed by atoms with van der Waals surface area (Å²) < 4.78 is 0. The summed E-state index contributed by atoms with van der Waals surface area (Å²) in [5.41, 5.74) is 1.32. The zero-order valence-corrected chi connectivity index (χ0v) is 7.74. The molecule has 0 amide bonds. The number of aromatic hydroxyl groups is 1. The molecular formula is C11H12O2. The number of carbonyl (C=O) groups excluding carboxylic acids is 1. The molecule has 0 aromatic heterocycles. The summed E-state index contributed by atoms with van der Waals surface area (Å²) in [6.07, 6.45) is 1.77. The molecule has 0 spiro atoms. The van der Waals surface area contributed by atoms with E-state index >= 15 is 0 Å². The third-order valence-electron chi connectivity index (χ3n) is 1.92. The van der Waals surface area contributed by atoms with Crippen molar-refractivity contribution in [1.29, 1.82) is 0 Å². The fourth-order valence-electron chi connectivity index (χ4n) is 0.972. The van der Waals surface area contributed by atoms with Crippen LogP contribution in [0.25, 0.3) is 0 Å². The highest BCUT2D eigenvalue weighted by Gasteiger charge is 2.05. The van der Waals surface area contributed by atoms with Gasteiger partial charge in [0, 0.05) is 5.56 Å². The quantitative estimate of drug-likeness (QED) is 0.555. The number of hydrogen-bond acceptors (Lipinski definition) is 2. The predicted octanol–water partition coefficient (Wildman–Crippen LogP) is 2.54. The fourth-order valence-corrected chi connectivity index (χ4v) is 0.972. The number of rotatable bonds is 2. The van der Waals surface area contributed by atoms with Crippen LogP contribution in [0.4, 0.5) is 0 Å². The van der Waals surface area contributed by atoms with Crippen LogP contribution in [0.2, 0.25) is 0 Å². The Morgan fingerprint density at radius 2 is 1.85 bits per heavy atom. The number of hydrogen-bond donors (Lipinski definition) is 1. The van der Waals surface area contributed by atoms with E-state index in [0.29, 0.717) is 11.1 Å². The first-order valence-electron chi connectivity index (χ1n) is 4.12. The van der Waals surface area contributed by atoms with Gasteiger partial charge in [-0.15, -0.1) is 0 Å². The van der Waals surface area contributed by atoms with E-state index in [1.54, 1.807) is 25.1 Å². The summed E-state index contributed by atoms with van der Waals surface area (Å²) in [6.45, 7) is 3.60. The number of phenolic OH excluding ortho intramolecular Hbond substituents is 1. The van der Waals surface area contributed by atoms with Crippen molar-refractivity contribution in [3.63, 3.8) is 0 Å².